The quantitative estimate of drug-likeness (QED) is 0.500. The van der Waals surface area contributed by atoms with Crippen molar-refractivity contribution in [1.82, 2.24) is 5.32 Å². The number of esters is 1. The Morgan fingerprint density at radius 1 is 1.42 bits per heavy atom. The van der Waals surface area contributed by atoms with Gasteiger partial charge in [0.1, 0.15) is 12.1 Å². The van der Waals surface area contributed by atoms with Crippen molar-refractivity contribution in [2.45, 2.75) is 51.7 Å². The predicted molar refractivity (Wildman–Crippen MR) is 68.9 cm³/mol. The molecule has 0 spiro atoms. The minimum absolute atomic E-state index is 0.177. The SMILES string of the molecule is COC(=O)[C@H](CCCC#N)NC(=O)[C@@H](O)CC(C)C. The summed E-state index contributed by atoms with van der Waals surface area (Å²) in [6, 6.07) is 1.16. The van der Waals surface area contributed by atoms with E-state index in [9.17, 15) is 14.7 Å². The second kappa shape index (κ2) is 9.34. The molecule has 0 aromatic carbocycles. The number of unbranched alkanes of at least 4 members (excludes halogenated alkanes) is 1. The van der Waals surface area contributed by atoms with E-state index in [0.717, 1.165) is 0 Å². The zero-order chi connectivity index (χ0) is 14.8. The van der Waals surface area contributed by atoms with Gasteiger partial charge in [-0.05, 0) is 25.2 Å². The molecule has 0 bridgehead atoms. The van der Waals surface area contributed by atoms with Crippen LogP contribution in [0.4, 0.5) is 0 Å². The Kier molecular flexibility index (Phi) is 8.55. The van der Waals surface area contributed by atoms with E-state index in [1.807, 2.05) is 19.9 Å². The van der Waals surface area contributed by atoms with Crippen LogP contribution in [-0.2, 0) is 14.3 Å². The molecule has 0 saturated carbocycles. The smallest absolute Gasteiger partial charge is 0.328 e. The molecular weight excluding hydrogens is 248 g/mol. The van der Waals surface area contributed by atoms with Crippen LogP contribution in [0, 0.1) is 17.2 Å². The van der Waals surface area contributed by atoms with Gasteiger partial charge < -0.3 is 15.2 Å². The fourth-order valence-electron chi connectivity index (χ4n) is 1.60. The number of ether oxygens (including phenoxy) is 1. The van der Waals surface area contributed by atoms with E-state index < -0.39 is 24.0 Å². The van der Waals surface area contributed by atoms with Crippen molar-refractivity contribution < 1.29 is 19.4 Å². The Labute approximate surface area is 113 Å². The van der Waals surface area contributed by atoms with Crippen LogP contribution in [0.2, 0.25) is 0 Å². The van der Waals surface area contributed by atoms with Gasteiger partial charge in [0.25, 0.3) is 0 Å². The standard InChI is InChI=1S/C13H22N2O4/c1-9(2)8-11(16)12(17)15-10(13(18)19-3)6-4-5-7-14/h9-11,16H,4-6,8H2,1-3H3,(H,15,17)/t10-,11-/m0/s1. The zero-order valence-electron chi connectivity index (χ0n) is 11.7. The minimum Gasteiger partial charge on any atom is -0.467 e. The van der Waals surface area contributed by atoms with Crippen LogP contribution in [0.15, 0.2) is 0 Å². The molecule has 0 rings (SSSR count). The topological polar surface area (TPSA) is 99.4 Å². The summed E-state index contributed by atoms with van der Waals surface area (Å²) in [6.07, 6.45) is 0.302. The van der Waals surface area contributed by atoms with Crippen molar-refractivity contribution in [3.8, 4) is 6.07 Å². The maximum Gasteiger partial charge on any atom is 0.328 e. The Morgan fingerprint density at radius 3 is 2.53 bits per heavy atom. The summed E-state index contributed by atoms with van der Waals surface area (Å²) in [7, 11) is 1.23. The van der Waals surface area contributed by atoms with Gasteiger partial charge in [0.2, 0.25) is 5.91 Å². The Balaban J connectivity index is 4.42. The second-order valence-electron chi connectivity index (χ2n) is 4.78. The third-order valence-corrected chi connectivity index (χ3v) is 2.58. The number of aliphatic hydroxyl groups excluding tert-OH is 1. The van der Waals surface area contributed by atoms with Crippen molar-refractivity contribution in [2.75, 3.05) is 7.11 Å². The summed E-state index contributed by atoms with van der Waals surface area (Å²) in [6.45, 7) is 3.78. The third-order valence-electron chi connectivity index (χ3n) is 2.58. The van der Waals surface area contributed by atoms with E-state index in [-0.39, 0.29) is 5.92 Å². The monoisotopic (exact) mass is 270 g/mol. The lowest BCUT2D eigenvalue weighted by Crippen LogP contribution is -2.46. The van der Waals surface area contributed by atoms with Crippen LogP contribution < -0.4 is 5.32 Å². The molecule has 2 N–H and O–H groups in total. The number of nitrogens with one attached hydrogen (secondary N) is 1. The summed E-state index contributed by atoms with van der Waals surface area (Å²) in [5, 5.41) is 20.6. The molecule has 0 radical (unpaired) electrons. The highest BCUT2D eigenvalue weighted by Crippen LogP contribution is 2.07. The number of nitriles is 1. The first kappa shape index (κ1) is 17.4. The summed E-state index contributed by atoms with van der Waals surface area (Å²) in [5.74, 6) is -0.972. The van der Waals surface area contributed by atoms with Gasteiger partial charge in [0, 0.05) is 6.42 Å². The molecule has 0 aliphatic carbocycles. The fourth-order valence-corrected chi connectivity index (χ4v) is 1.60. The van der Waals surface area contributed by atoms with E-state index in [4.69, 9.17) is 5.26 Å². The van der Waals surface area contributed by atoms with Gasteiger partial charge in [0.15, 0.2) is 0 Å². The molecule has 6 heteroatoms. The van der Waals surface area contributed by atoms with Crippen LogP contribution in [0.3, 0.4) is 0 Å². The van der Waals surface area contributed by atoms with Crippen molar-refractivity contribution in [3.05, 3.63) is 0 Å². The van der Waals surface area contributed by atoms with E-state index in [1.54, 1.807) is 0 Å². The molecule has 0 saturated heterocycles. The molecule has 0 aromatic heterocycles. The third kappa shape index (κ3) is 7.42. The molecule has 0 aliphatic rings. The maximum atomic E-state index is 11.7. The highest BCUT2D eigenvalue weighted by molar-refractivity contribution is 5.86. The Hall–Kier alpha value is -1.61. The van der Waals surface area contributed by atoms with Gasteiger partial charge in [-0.25, -0.2) is 4.79 Å². The molecule has 108 valence electrons. The highest BCUT2D eigenvalue weighted by Gasteiger charge is 2.24. The number of rotatable bonds is 8. The number of methoxy groups -OCH3 is 1. The van der Waals surface area contributed by atoms with E-state index in [2.05, 4.69) is 10.1 Å². The first-order valence-corrected chi connectivity index (χ1v) is 6.35. The second-order valence-corrected chi connectivity index (χ2v) is 4.78. The Bertz CT molecular complexity index is 336. The van der Waals surface area contributed by atoms with Gasteiger partial charge in [0.05, 0.1) is 13.2 Å². The molecule has 0 fully saturated rings. The maximum absolute atomic E-state index is 11.7. The average Bonchev–Trinajstić information content (AvgIpc) is 2.35. The molecular formula is C13H22N2O4. The first-order chi connectivity index (χ1) is 8.92. The van der Waals surface area contributed by atoms with Crippen LogP contribution in [-0.4, -0.2) is 36.2 Å². The van der Waals surface area contributed by atoms with Crippen molar-refractivity contribution >= 4 is 11.9 Å². The minimum atomic E-state index is -1.14. The highest BCUT2D eigenvalue weighted by atomic mass is 16.5. The summed E-state index contributed by atoms with van der Waals surface area (Å²) in [5.41, 5.74) is 0. The van der Waals surface area contributed by atoms with Gasteiger partial charge in [-0.2, -0.15) is 5.26 Å². The molecule has 0 unspecified atom stereocenters. The molecule has 19 heavy (non-hydrogen) atoms. The van der Waals surface area contributed by atoms with E-state index in [0.29, 0.717) is 25.7 Å². The lowest BCUT2D eigenvalue weighted by atomic mass is 10.0. The molecule has 0 aliphatic heterocycles. The normalized spacial score (nSPS) is 13.5. The number of aliphatic hydroxyl groups is 1. The van der Waals surface area contributed by atoms with Crippen LogP contribution in [0.5, 0.6) is 0 Å². The average molecular weight is 270 g/mol. The van der Waals surface area contributed by atoms with E-state index >= 15 is 0 Å². The summed E-state index contributed by atoms with van der Waals surface area (Å²) in [4.78, 5) is 23.2. The number of carbonyl (C=O) groups excluding carboxylic acids is 2. The van der Waals surface area contributed by atoms with Crippen LogP contribution >= 0.6 is 0 Å². The van der Waals surface area contributed by atoms with Crippen LogP contribution in [0.1, 0.15) is 39.5 Å². The van der Waals surface area contributed by atoms with Crippen molar-refractivity contribution in [3.63, 3.8) is 0 Å². The molecule has 6 nitrogen and oxygen atoms in total. The lowest BCUT2D eigenvalue weighted by molar-refractivity contribution is -0.146. The number of amides is 1. The first-order valence-electron chi connectivity index (χ1n) is 6.35. The number of hydrogen-bond acceptors (Lipinski definition) is 5. The molecule has 1 amide bonds. The Morgan fingerprint density at radius 2 is 2.05 bits per heavy atom. The van der Waals surface area contributed by atoms with Crippen molar-refractivity contribution in [2.24, 2.45) is 5.92 Å². The van der Waals surface area contributed by atoms with Crippen LogP contribution in [0.25, 0.3) is 0 Å². The van der Waals surface area contributed by atoms with Crippen molar-refractivity contribution in [1.29, 1.82) is 5.26 Å². The van der Waals surface area contributed by atoms with Gasteiger partial charge in [-0.1, -0.05) is 13.8 Å². The van der Waals surface area contributed by atoms with E-state index in [1.165, 1.54) is 7.11 Å². The molecule has 2 atom stereocenters. The van der Waals surface area contributed by atoms with Gasteiger partial charge in [-0.15, -0.1) is 0 Å². The largest absolute Gasteiger partial charge is 0.467 e. The van der Waals surface area contributed by atoms with Gasteiger partial charge >= 0.3 is 5.97 Å². The summed E-state index contributed by atoms with van der Waals surface area (Å²) < 4.78 is 4.59. The predicted octanol–water partition coefficient (Wildman–Crippen LogP) is 0.745. The lowest BCUT2D eigenvalue weighted by Gasteiger charge is -2.19. The summed E-state index contributed by atoms with van der Waals surface area (Å²) >= 11 is 0. The molecule has 0 heterocycles. The molecule has 0 aromatic rings. The number of nitrogens with zero attached hydrogens (tertiary/aromatic N) is 1. The zero-order valence-corrected chi connectivity index (χ0v) is 11.7. The fraction of sp³-hybridized carbons (Fsp3) is 0.769. The number of hydrogen-bond donors (Lipinski definition) is 2. The van der Waals surface area contributed by atoms with Gasteiger partial charge in [-0.3, -0.25) is 4.79 Å². The number of carbonyl (C=O) groups is 2.